The van der Waals surface area contributed by atoms with Crippen LogP contribution in [0.3, 0.4) is 0 Å². The van der Waals surface area contributed by atoms with E-state index in [1.165, 1.54) is 0 Å². The van der Waals surface area contributed by atoms with Gasteiger partial charge in [-0.2, -0.15) is 0 Å². The Balaban J connectivity index is 1.56. The minimum absolute atomic E-state index is 0.127. The van der Waals surface area contributed by atoms with Crippen molar-refractivity contribution in [2.75, 3.05) is 5.32 Å². The summed E-state index contributed by atoms with van der Waals surface area (Å²) in [4.78, 5) is 12.1. The Morgan fingerprint density at radius 2 is 1.93 bits per heavy atom. The van der Waals surface area contributed by atoms with Crippen molar-refractivity contribution in [3.8, 4) is 22.5 Å². The summed E-state index contributed by atoms with van der Waals surface area (Å²) < 4.78 is 0. The average molecular weight is 394 g/mol. The predicted molar refractivity (Wildman–Crippen MR) is 120 cm³/mol. The van der Waals surface area contributed by atoms with Crippen LogP contribution in [0.25, 0.3) is 33.4 Å². The zero-order chi connectivity index (χ0) is 20.4. The first-order valence-corrected chi connectivity index (χ1v) is 10.1. The quantitative estimate of drug-likeness (QED) is 0.489. The molecule has 30 heavy (non-hydrogen) atoms. The van der Waals surface area contributed by atoms with Gasteiger partial charge in [0.1, 0.15) is 18.5 Å². The zero-order valence-electron chi connectivity index (χ0n) is 16.7. The number of aromatic amines is 1. The smallest absolute Gasteiger partial charge is 0.161 e. The van der Waals surface area contributed by atoms with E-state index < -0.39 is 0 Å². The van der Waals surface area contributed by atoms with E-state index in [4.69, 9.17) is 0 Å². The van der Waals surface area contributed by atoms with Crippen molar-refractivity contribution in [3.63, 3.8) is 0 Å². The fourth-order valence-electron chi connectivity index (χ4n) is 3.87. The lowest BCUT2D eigenvalue weighted by molar-refractivity contribution is 0.555. The van der Waals surface area contributed by atoms with Crippen LogP contribution in [-0.4, -0.2) is 30.7 Å². The fourth-order valence-corrected chi connectivity index (χ4v) is 3.87. The highest BCUT2D eigenvalue weighted by Crippen LogP contribution is 2.32. The molecular weight excluding hydrogens is 372 g/mol. The molecule has 0 saturated carbocycles. The number of aromatic nitrogens is 5. The number of anilines is 1. The summed E-state index contributed by atoms with van der Waals surface area (Å²) in [5.74, 6) is 1.61. The molecule has 2 heterocycles. The lowest BCUT2D eigenvalue weighted by Gasteiger charge is -2.32. The van der Waals surface area contributed by atoms with Crippen molar-refractivity contribution in [3.05, 3.63) is 79.4 Å². The molecule has 2 aromatic carbocycles. The maximum absolute atomic E-state index is 4.58. The van der Waals surface area contributed by atoms with Gasteiger partial charge >= 0.3 is 0 Å². The Labute approximate surface area is 174 Å². The molecular formula is C24H22N6. The molecule has 2 aromatic heterocycles. The molecule has 1 aliphatic carbocycles. The fraction of sp³-hybridized carbons (Fsp3) is 0.167. The van der Waals surface area contributed by atoms with Crippen LogP contribution in [0.4, 0.5) is 5.82 Å². The average Bonchev–Trinajstić information content (AvgIpc) is 3.35. The van der Waals surface area contributed by atoms with Crippen molar-refractivity contribution < 1.29 is 0 Å². The van der Waals surface area contributed by atoms with Crippen LogP contribution in [0.2, 0.25) is 0 Å². The summed E-state index contributed by atoms with van der Waals surface area (Å²) in [6, 6.07) is 14.6. The van der Waals surface area contributed by atoms with E-state index in [0.717, 1.165) is 52.1 Å². The summed E-state index contributed by atoms with van der Waals surface area (Å²) in [6.07, 6.45) is 13.7. The van der Waals surface area contributed by atoms with Gasteiger partial charge in [-0.1, -0.05) is 55.5 Å². The van der Waals surface area contributed by atoms with Crippen LogP contribution >= 0.6 is 0 Å². The van der Waals surface area contributed by atoms with Gasteiger partial charge in [0.25, 0.3) is 0 Å². The second-order valence-corrected chi connectivity index (χ2v) is 7.50. The number of hydrogen-bond donors (Lipinski definition) is 2. The molecule has 0 fully saturated rings. The molecule has 0 amide bonds. The van der Waals surface area contributed by atoms with Crippen LogP contribution in [0.5, 0.6) is 0 Å². The van der Waals surface area contributed by atoms with Gasteiger partial charge in [0, 0.05) is 10.9 Å². The van der Waals surface area contributed by atoms with Gasteiger partial charge in [0.05, 0.1) is 11.1 Å². The van der Waals surface area contributed by atoms with Crippen molar-refractivity contribution in [2.45, 2.75) is 25.3 Å². The van der Waals surface area contributed by atoms with Gasteiger partial charge in [-0.25, -0.2) is 9.97 Å². The third-order valence-electron chi connectivity index (χ3n) is 5.66. The second-order valence-electron chi connectivity index (χ2n) is 7.50. The van der Waals surface area contributed by atoms with Gasteiger partial charge in [0.2, 0.25) is 0 Å². The molecule has 4 aromatic rings. The first-order chi connectivity index (χ1) is 14.8. The minimum Gasteiger partial charge on any atom is -0.360 e. The molecule has 1 aliphatic rings. The molecule has 0 spiro atoms. The second kappa shape index (κ2) is 7.55. The van der Waals surface area contributed by atoms with Crippen LogP contribution < -0.4 is 5.32 Å². The molecule has 1 atom stereocenters. The molecule has 6 nitrogen and oxygen atoms in total. The van der Waals surface area contributed by atoms with Gasteiger partial charge in [-0.3, -0.25) is 0 Å². The van der Waals surface area contributed by atoms with Crippen molar-refractivity contribution >= 4 is 16.7 Å². The third-order valence-corrected chi connectivity index (χ3v) is 5.66. The van der Waals surface area contributed by atoms with E-state index in [1.54, 1.807) is 12.7 Å². The van der Waals surface area contributed by atoms with Crippen LogP contribution in [0.15, 0.2) is 79.4 Å². The largest absolute Gasteiger partial charge is 0.360 e. The number of nitrogens with one attached hydrogen (secondary N) is 2. The standard InChI is InChI=1S/C24H22N6/c1-2-24(11-4-3-5-12-24)29-23-20-14-18(9-10-21(20)25-15-26-23)17-7-6-8-19(13-17)22-27-16-28-30-22/h3-11,13-16H,2,12H2,1H3,(H,25,26,29)(H,27,28,30)/t24-/m0/s1. The summed E-state index contributed by atoms with van der Waals surface area (Å²) in [7, 11) is 0. The van der Waals surface area contributed by atoms with Crippen molar-refractivity contribution in [1.82, 2.24) is 25.1 Å². The van der Waals surface area contributed by atoms with Crippen LogP contribution in [-0.2, 0) is 0 Å². The highest BCUT2D eigenvalue weighted by molar-refractivity contribution is 5.93. The molecule has 0 radical (unpaired) electrons. The Morgan fingerprint density at radius 1 is 1.03 bits per heavy atom. The summed E-state index contributed by atoms with van der Waals surface area (Å²) in [5.41, 5.74) is 4.00. The Bertz CT molecular complexity index is 1240. The number of hydrogen-bond acceptors (Lipinski definition) is 5. The van der Waals surface area contributed by atoms with E-state index in [9.17, 15) is 0 Å². The summed E-state index contributed by atoms with van der Waals surface area (Å²) >= 11 is 0. The SMILES string of the molecule is CC[C@]1(Nc2ncnc3ccc(-c4cccc(-c5nnc[nH]5)c4)cc23)C=CC=CC1. The lowest BCUT2D eigenvalue weighted by atomic mass is 9.88. The molecule has 0 aliphatic heterocycles. The monoisotopic (exact) mass is 394 g/mol. The van der Waals surface area contributed by atoms with Gasteiger partial charge < -0.3 is 10.3 Å². The lowest BCUT2D eigenvalue weighted by Crippen LogP contribution is -2.36. The molecule has 2 N–H and O–H groups in total. The molecule has 6 heteroatoms. The van der Waals surface area contributed by atoms with Crippen LogP contribution in [0, 0.1) is 0 Å². The Kier molecular flexibility index (Phi) is 4.59. The number of H-pyrrole nitrogens is 1. The first kappa shape index (κ1) is 18.2. The minimum atomic E-state index is -0.127. The predicted octanol–water partition coefficient (Wildman–Crippen LogP) is 5.16. The molecule has 0 unspecified atom stereocenters. The van der Waals surface area contributed by atoms with Crippen molar-refractivity contribution in [2.24, 2.45) is 0 Å². The number of nitrogens with zero attached hydrogens (tertiary/aromatic N) is 4. The maximum atomic E-state index is 4.58. The number of fused-ring (bicyclic) bond motifs is 1. The topological polar surface area (TPSA) is 79.4 Å². The normalized spacial score (nSPS) is 18.0. The number of benzene rings is 2. The van der Waals surface area contributed by atoms with Crippen molar-refractivity contribution in [1.29, 1.82) is 0 Å². The Hall–Kier alpha value is -3.80. The third kappa shape index (κ3) is 3.37. The van der Waals surface area contributed by atoms with E-state index in [-0.39, 0.29) is 5.54 Å². The first-order valence-electron chi connectivity index (χ1n) is 10.1. The van der Waals surface area contributed by atoms with E-state index in [2.05, 4.69) is 86.0 Å². The Morgan fingerprint density at radius 3 is 2.73 bits per heavy atom. The molecule has 0 saturated heterocycles. The number of rotatable bonds is 5. The van der Waals surface area contributed by atoms with E-state index in [1.807, 2.05) is 18.2 Å². The van der Waals surface area contributed by atoms with E-state index >= 15 is 0 Å². The summed E-state index contributed by atoms with van der Waals surface area (Å²) in [5, 5.41) is 12.7. The van der Waals surface area contributed by atoms with Gasteiger partial charge in [-0.15, -0.1) is 10.2 Å². The molecule has 148 valence electrons. The zero-order valence-corrected chi connectivity index (χ0v) is 16.7. The molecule has 0 bridgehead atoms. The van der Waals surface area contributed by atoms with Gasteiger partial charge in [0.15, 0.2) is 5.82 Å². The highest BCUT2D eigenvalue weighted by atomic mass is 15.2. The summed E-state index contributed by atoms with van der Waals surface area (Å²) in [6.45, 7) is 2.19. The maximum Gasteiger partial charge on any atom is 0.161 e. The van der Waals surface area contributed by atoms with Gasteiger partial charge in [-0.05, 0) is 42.2 Å². The molecule has 5 rings (SSSR count). The van der Waals surface area contributed by atoms with Crippen LogP contribution in [0.1, 0.15) is 19.8 Å². The van der Waals surface area contributed by atoms with E-state index in [0.29, 0.717) is 0 Å². The highest BCUT2D eigenvalue weighted by Gasteiger charge is 2.26. The number of allylic oxidation sites excluding steroid dienone is 2.